The van der Waals surface area contributed by atoms with Crippen LogP contribution in [0.4, 0.5) is 14.6 Å². The minimum Gasteiger partial charge on any atom is -0.378 e. The van der Waals surface area contributed by atoms with Gasteiger partial charge in [0.25, 0.3) is 0 Å². The van der Waals surface area contributed by atoms with E-state index in [9.17, 15) is 8.78 Å². The summed E-state index contributed by atoms with van der Waals surface area (Å²) in [7, 11) is 0. The van der Waals surface area contributed by atoms with Crippen molar-refractivity contribution in [3.05, 3.63) is 83.6 Å². The fraction of sp³-hybridized carbons (Fsp3) is 0.280. The Kier molecular flexibility index (Phi) is 5.47. The number of ether oxygens (including phenoxy) is 1. The van der Waals surface area contributed by atoms with Crippen molar-refractivity contribution < 1.29 is 13.5 Å². The molecule has 5 rings (SSSR count). The monoisotopic (exact) mass is 419 g/mol. The summed E-state index contributed by atoms with van der Waals surface area (Å²) in [6.07, 6.45) is 3.21. The van der Waals surface area contributed by atoms with E-state index in [0.717, 1.165) is 55.2 Å². The van der Waals surface area contributed by atoms with Crippen LogP contribution in [0.25, 0.3) is 11.1 Å². The first-order valence-corrected chi connectivity index (χ1v) is 10.6. The number of benzene rings is 2. The van der Waals surface area contributed by atoms with Crippen LogP contribution in [0.3, 0.4) is 0 Å². The molecule has 3 aromatic rings. The molecule has 4 nitrogen and oxygen atoms in total. The lowest BCUT2D eigenvalue weighted by Crippen LogP contribution is -2.36. The zero-order valence-corrected chi connectivity index (χ0v) is 17.1. The summed E-state index contributed by atoms with van der Waals surface area (Å²) in [6.45, 7) is 3.20. The molecule has 0 amide bonds. The average molecular weight is 419 g/mol. The summed E-state index contributed by atoms with van der Waals surface area (Å²) >= 11 is 0. The van der Waals surface area contributed by atoms with Crippen molar-refractivity contribution in [3.8, 4) is 11.1 Å². The van der Waals surface area contributed by atoms with E-state index in [2.05, 4.69) is 33.1 Å². The molecule has 2 aromatic carbocycles. The van der Waals surface area contributed by atoms with Crippen LogP contribution in [0.5, 0.6) is 0 Å². The molecule has 0 N–H and O–H groups in total. The van der Waals surface area contributed by atoms with E-state index in [0.29, 0.717) is 12.1 Å². The van der Waals surface area contributed by atoms with Crippen LogP contribution in [-0.4, -0.2) is 37.0 Å². The summed E-state index contributed by atoms with van der Waals surface area (Å²) in [5.74, 6) is -0.137. The second-order valence-electron chi connectivity index (χ2n) is 7.85. The van der Waals surface area contributed by atoms with Crippen molar-refractivity contribution in [2.75, 3.05) is 31.2 Å². The molecular formula is C25H23F2N3O. The van der Waals surface area contributed by atoms with E-state index in [4.69, 9.17) is 4.74 Å². The van der Waals surface area contributed by atoms with Gasteiger partial charge in [0.2, 0.25) is 0 Å². The Bertz CT molecular complexity index is 1070. The van der Waals surface area contributed by atoms with Gasteiger partial charge in [0.05, 0.1) is 24.8 Å². The Labute approximate surface area is 180 Å². The Morgan fingerprint density at radius 1 is 0.871 bits per heavy atom. The lowest BCUT2D eigenvalue weighted by molar-refractivity contribution is 0.122. The lowest BCUT2D eigenvalue weighted by atomic mass is 10.00. The van der Waals surface area contributed by atoms with Crippen LogP contribution in [0, 0.1) is 11.6 Å². The van der Waals surface area contributed by atoms with Gasteiger partial charge in [-0.2, -0.15) is 0 Å². The number of hydrogen-bond donors (Lipinski definition) is 0. The van der Waals surface area contributed by atoms with Crippen LogP contribution in [0.2, 0.25) is 0 Å². The maximum Gasteiger partial charge on any atom is 0.135 e. The molecule has 0 radical (unpaired) electrons. The van der Waals surface area contributed by atoms with Crippen molar-refractivity contribution in [2.24, 2.45) is 4.99 Å². The predicted molar refractivity (Wildman–Crippen MR) is 118 cm³/mol. The highest BCUT2D eigenvalue weighted by Crippen LogP contribution is 2.33. The number of anilines is 1. The molecule has 31 heavy (non-hydrogen) atoms. The number of hydrogen-bond acceptors (Lipinski definition) is 4. The second kappa shape index (κ2) is 8.55. The van der Waals surface area contributed by atoms with Gasteiger partial charge in [0.1, 0.15) is 17.5 Å². The van der Waals surface area contributed by atoms with E-state index >= 15 is 0 Å². The topological polar surface area (TPSA) is 37.7 Å². The number of aromatic nitrogens is 1. The fourth-order valence-electron chi connectivity index (χ4n) is 4.23. The summed E-state index contributed by atoms with van der Waals surface area (Å²) in [6, 6.07) is 16.2. The molecule has 6 heteroatoms. The number of rotatable bonds is 4. The minimum absolute atomic E-state index is 0.00746. The Morgan fingerprint density at radius 2 is 1.58 bits per heavy atom. The number of aliphatic imine (C=N–C) groups is 1. The molecule has 1 saturated heterocycles. The number of halogens is 2. The number of nitrogens with zero attached hydrogens (tertiary/aromatic N) is 3. The summed E-state index contributed by atoms with van der Waals surface area (Å²) < 4.78 is 33.6. The molecule has 1 atom stereocenters. The molecule has 1 fully saturated rings. The Morgan fingerprint density at radius 3 is 2.26 bits per heavy atom. The van der Waals surface area contributed by atoms with Crippen molar-refractivity contribution >= 4 is 11.5 Å². The summed E-state index contributed by atoms with van der Waals surface area (Å²) in [4.78, 5) is 11.5. The second-order valence-corrected chi connectivity index (χ2v) is 7.85. The SMILES string of the molecule is Fc1cccc(F)c1C1=NC(c2ccc(-c3ccc(N4CCOCC4)nc3)cc2)CC1. The largest absolute Gasteiger partial charge is 0.378 e. The highest BCUT2D eigenvalue weighted by molar-refractivity contribution is 6.02. The first-order valence-electron chi connectivity index (χ1n) is 10.6. The molecule has 0 saturated carbocycles. The normalized spacial score (nSPS) is 18.8. The van der Waals surface area contributed by atoms with E-state index in [-0.39, 0.29) is 11.6 Å². The van der Waals surface area contributed by atoms with Crippen LogP contribution in [-0.2, 0) is 4.74 Å². The van der Waals surface area contributed by atoms with Gasteiger partial charge in [-0.15, -0.1) is 0 Å². The predicted octanol–water partition coefficient (Wildman–Crippen LogP) is 5.19. The van der Waals surface area contributed by atoms with E-state index in [1.807, 2.05) is 24.4 Å². The molecular weight excluding hydrogens is 396 g/mol. The quantitative estimate of drug-likeness (QED) is 0.584. The third kappa shape index (κ3) is 4.08. The average Bonchev–Trinajstić information content (AvgIpc) is 3.30. The van der Waals surface area contributed by atoms with Crippen molar-refractivity contribution in [1.82, 2.24) is 4.98 Å². The molecule has 2 aliphatic rings. The van der Waals surface area contributed by atoms with Gasteiger partial charge < -0.3 is 9.64 Å². The third-order valence-corrected chi connectivity index (χ3v) is 5.93. The molecule has 2 aliphatic heterocycles. The molecule has 1 aromatic heterocycles. The molecule has 0 bridgehead atoms. The smallest absolute Gasteiger partial charge is 0.135 e. The number of morpholine rings is 1. The standard InChI is InChI=1S/C25H23F2N3O/c26-20-2-1-3-21(27)25(20)23-10-9-22(29-23)18-6-4-17(5-7-18)19-8-11-24(28-16-19)30-12-14-31-15-13-30/h1-8,11,16,22H,9-10,12-15H2. The maximum atomic E-state index is 14.1. The highest BCUT2D eigenvalue weighted by atomic mass is 19.1. The van der Waals surface area contributed by atoms with Crippen molar-refractivity contribution in [3.63, 3.8) is 0 Å². The van der Waals surface area contributed by atoms with Gasteiger partial charge in [-0.3, -0.25) is 4.99 Å². The van der Waals surface area contributed by atoms with E-state index in [1.165, 1.54) is 18.2 Å². The summed E-state index contributed by atoms with van der Waals surface area (Å²) in [5, 5.41) is 0. The highest BCUT2D eigenvalue weighted by Gasteiger charge is 2.24. The Hall–Kier alpha value is -3.12. The Balaban J connectivity index is 1.32. The summed E-state index contributed by atoms with van der Waals surface area (Å²) in [5.41, 5.74) is 3.69. The number of pyridine rings is 1. The molecule has 158 valence electrons. The minimum atomic E-state index is -0.553. The van der Waals surface area contributed by atoms with Gasteiger partial charge in [0.15, 0.2) is 0 Å². The van der Waals surface area contributed by atoms with E-state index < -0.39 is 11.6 Å². The van der Waals surface area contributed by atoms with Gasteiger partial charge in [-0.05, 0) is 48.2 Å². The zero-order chi connectivity index (χ0) is 21.2. The maximum absolute atomic E-state index is 14.1. The van der Waals surface area contributed by atoms with Crippen molar-refractivity contribution in [1.29, 1.82) is 0 Å². The van der Waals surface area contributed by atoms with Crippen molar-refractivity contribution in [2.45, 2.75) is 18.9 Å². The first kappa shape index (κ1) is 19.8. The zero-order valence-electron chi connectivity index (χ0n) is 17.1. The van der Waals surface area contributed by atoms with Gasteiger partial charge in [-0.25, -0.2) is 13.8 Å². The molecule has 0 aliphatic carbocycles. The van der Waals surface area contributed by atoms with Crippen LogP contribution in [0.15, 0.2) is 65.8 Å². The fourth-order valence-corrected chi connectivity index (χ4v) is 4.23. The van der Waals surface area contributed by atoms with Crippen LogP contribution in [0.1, 0.15) is 30.0 Å². The first-order chi connectivity index (χ1) is 15.2. The van der Waals surface area contributed by atoms with Gasteiger partial charge >= 0.3 is 0 Å². The third-order valence-electron chi connectivity index (χ3n) is 5.93. The van der Waals surface area contributed by atoms with Gasteiger partial charge in [0, 0.05) is 30.6 Å². The molecule has 3 heterocycles. The molecule has 1 unspecified atom stereocenters. The molecule has 0 spiro atoms. The van der Waals surface area contributed by atoms with Gasteiger partial charge in [-0.1, -0.05) is 30.3 Å². The van der Waals surface area contributed by atoms with Crippen LogP contribution < -0.4 is 4.90 Å². The van der Waals surface area contributed by atoms with Crippen LogP contribution >= 0.6 is 0 Å². The lowest BCUT2D eigenvalue weighted by Gasteiger charge is -2.27. The van der Waals surface area contributed by atoms with E-state index in [1.54, 1.807) is 0 Å².